The summed E-state index contributed by atoms with van der Waals surface area (Å²) in [5, 5.41) is 7.79. The molecular weight excluding hydrogens is 206 g/mol. The molecule has 2 rings (SSSR count). The summed E-state index contributed by atoms with van der Waals surface area (Å²) in [7, 11) is 0. The summed E-state index contributed by atoms with van der Waals surface area (Å²) in [5.74, 6) is 0. The molecule has 1 aliphatic rings. The van der Waals surface area contributed by atoms with Crippen LogP contribution in [0.15, 0.2) is 16.8 Å². The first-order valence-corrected chi connectivity index (χ1v) is 6.73. The van der Waals surface area contributed by atoms with Crippen molar-refractivity contribution in [2.24, 2.45) is 0 Å². The molecule has 1 aromatic rings. The normalized spacial score (nSPS) is 21.7. The van der Waals surface area contributed by atoms with E-state index in [4.69, 9.17) is 4.74 Å². The van der Waals surface area contributed by atoms with E-state index in [1.54, 1.807) is 11.3 Å². The number of rotatable bonds is 5. The van der Waals surface area contributed by atoms with E-state index < -0.39 is 0 Å². The van der Waals surface area contributed by atoms with Crippen LogP contribution in [0.1, 0.15) is 31.2 Å². The zero-order valence-corrected chi connectivity index (χ0v) is 9.89. The highest BCUT2D eigenvalue weighted by atomic mass is 32.1. The molecule has 1 fully saturated rings. The predicted octanol–water partition coefficient (Wildman–Crippen LogP) is 2.80. The van der Waals surface area contributed by atoms with Gasteiger partial charge in [0.05, 0.1) is 6.10 Å². The van der Waals surface area contributed by atoms with Crippen LogP contribution in [-0.4, -0.2) is 19.3 Å². The van der Waals surface area contributed by atoms with Crippen molar-refractivity contribution in [3.8, 4) is 0 Å². The van der Waals surface area contributed by atoms with Gasteiger partial charge in [0.2, 0.25) is 0 Å². The summed E-state index contributed by atoms with van der Waals surface area (Å²) in [5.41, 5.74) is 1.39. The van der Waals surface area contributed by atoms with Crippen molar-refractivity contribution in [2.75, 3.05) is 13.2 Å². The standard InChI is InChI=1S/C12H19NOS/c1-2-7-14-12(3-1)4-6-13-9-11-5-8-15-10-11/h5,8,10,12-13H,1-4,6-7,9H2. The Kier molecular flexibility index (Phi) is 4.64. The van der Waals surface area contributed by atoms with Gasteiger partial charge in [0.25, 0.3) is 0 Å². The molecule has 2 nitrogen and oxygen atoms in total. The molecule has 0 radical (unpaired) electrons. The van der Waals surface area contributed by atoms with E-state index in [0.29, 0.717) is 6.10 Å². The molecule has 1 unspecified atom stereocenters. The summed E-state index contributed by atoms with van der Waals surface area (Å²) in [6.07, 6.45) is 5.51. The number of thiophene rings is 1. The average molecular weight is 225 g/mol. The van der Waals surface area contributed by atoms with Gasteiger partial charge in [-0.1, -0.05) is 0 Å². The lowest BCUT2D eigenvalue weighted by atomic mass is 10.1. The molecule has 1 N–H and O–H groups in total. The average Bonchev–Trinajstić information content (AvgIpc) is 2.79. The third-order valence-electron chi connectivity index (χ3n) is 2.83. The Morgan fingerprint density at radius 3 is 3.20 bits per heavy atom. The van der Waals surface area contributed by atoms with Crippen LogP contribution in [0.25, 0.3) is 0 Å². The van der Waals surface area contributed by atoms with Gasteiger partial charge >= 0.3 is 0 Å². The van der Waals surface area contributed by atoms with Crippen LogP contribution in [-0.2, 0) is 11.3 Å². The summed E-state index contributed by atoms with van der Waals surface area (Å²) in [4.78, 5) is 0. The minimum absolute atomic E-state index is 0.508. The Morgan fingerprint density at radius 1 is 1.47 bits per heavy atom. The largest absolute Gasteiger partial charge is 0.378 e. The van der Waals surface area contributed by atoms with Crippen LogP contribution in [0.3, 0.4) is 0 Å². The van der Waals surface area contributed by atoms with Crippen molar-refractivity contribution in [3.05, 3.63) is 22.4 Å². The van der Waals surface area contributed by atoms with Gasteiger partial charge in [-0.3, -0.25) is 0 Å². The van der Waals surface area contributed by atoms with Crippen LogP contribution in [0.2, 0.25) is 0 Å². The first-order chi connectivity index (χ1) is 7.45. The molecule has 1 aliphatic heterocycles. The zero-order chi connectivity index (χ0) is 10.3. The monoisotopic (exact) mass is 225 g/mol. The van der Waals surface area contributed by atoms with Gasteiger partial charge in [-0.25, -0.2) is 0 Å². The van der Waals surface area contributed by atoms with Crippen LogP contribution in [0, 0.1) is 0 Å². The minimum atomic E-state index is 0.508. The summed E-state index contributed by atoms with van der Waals surface area (Å²) in [6, 6.07) is 2.18. The third kappa shape index (κ3) is 3.93. The molecule has 1 atom stereocenters. The SMILES string of the molecule is c1cc(CNCCC2CCCCO2)cs1. The Labute approximate surface area is 95.6 Å². The second-order valence-electron chi connectivity index (χ2n) is 4.09. The minimum Gasteiger partial charge on any atom is -0.378 e. The fourth-order valence-corrected chi connectivity index (χ4v) is 2.59. The van der Waals surface area contributed by atoms with E-state index in [1.165, 1.54) is 24.8 Å². The molecule has 0 amide bonds. The van der Waals surface area contributed by atoms with Crippen molar-refractivity contribution >= 4 is 11.3 Å². The van der Waals surface area contributed by atoms with E-state index in [0.717, 1.165) is 26.1 Å². The van der Waals surface area contributed by atoms with Gasteiger partial charge in [0, 0.05) is 13.2 Å². The second-order valence-corrected chi connectivity index (χ2v) is 4.87. The molecule has 0 bridgehead atoms. The van der Waals surface area contributed by atoms with Gasteiger partial charge in [0.15, 0.2) is 0 Å². The van der Waals surface area contributed by atoms with Gasteiger partial charge in [-0.05, 0) is 54.6 Å². The number of ether oxygens (including phenoxy) is 1. The van der Waals surface area contributed by atoms with Crippen LogP contribution in [0.4, 0.5) is 0 Å². The van der Waals surface area contributed by atoms with Gasteiger partial charge in [0.1, 0.15) is 0 Å². The quantitative estimate of drug-likeness (QED) is 0.778. The third-order valence-corrected chi connectivity index (χ3v) is 3.56. The molecule has 0 aliphatic carbocycles. The molecule has 3 heteroatoms. The molecule has 0 aromatic carbocycles. The lowest BCUT2D eigenvalue weighted by Gasteiger charge is -2.22. The topological polar surface area (TPSA) is 21.3 Å². The second kappa shape index (κ2) is 6.26. The Morgan fingerprint density at radius 2 is 2.47 bits per heavy atom. The maximum absolute atomic E-state index is 5.68. The highest BCUT2D eigenvalue weighted by Crippen LogP contribution is 2.14. The highest BCUT2D eigenvalue weighted by molar-refractivity contribution is 7.07. The summed E-state index contributed by atoms with van der Waals surface area (Å²) < 4.78 is 5.68. The van der Waals surface area contributed by atoms with E-state index in [2.05, 4.69) is 22.1 Å². The van der Waals surface area contributed by atoms with Crippen molar-refractivity contribution < 1.29 is 4.74 Å². The molecule has 84 valence electrons. The van der Waals surface area contributed by atoms with Gasteiger partial charge in [-0.15, -0.1) is 0 Å². The van der Waals surface area contributed by atoms with Gasteiger partial charge in [-0.2, -0.15) is 11.3 Å². The van der Waals surface area contributed by atoms with Gasteiger partial charge < -0.3 is 10.1 Å². The smallest absolute Gasteiger partial charge is 0.0587 e. The molecule has 15 heavy (non-hydrogen) atoms. The van der Waals surface area contributed by atoms with Crippen molar-refractivity contribution in [1.29, 1.82) is 0 Å². The maximum Gasteiger partial charge on any atom is 0.0587 e. The molecular formula is C12H19NOS. The summed E-state index contributed by atoms with van der Waals surface area (Å²) >= 11 is 1.76. The van der Waals surface area contributed by atoms with E-state index in [-0.39, 0.29) is 0 Å². The Bertz CT molecular complexity index is 255. The summed E-state index contributed by atoms with van der Waals surface area (Å²) in [6.45, 7) is 3.03. The molecule has 1 aromatic heterocycles. The predicted molar refractivity (Wildman–Crippen MR) is 64.2 cm³/mol. The number of hydrogen-bond acceptors (Lipinski definition) is 3. The lowest BCUT2D eigenvalue weighted by Crippen LogP contribution is -2.25. The number of hydrogen-bond donors (Lipinski definition) is 1. The van der Waals surface area contributed by atoms with Crippen molar-refractivity contribution in [3.63, 3.8) is 0 Å². The first-order valence-electron chi connectivity index (χ1n) is 5.78. The molecule has 0 spiro atoms. The Balaban J connectivity index is 1.54. The maximum atomic E-state index is 5.68. The van der Waals surface area contributed by atoms with Crippen molar-refractivity contribution in [2.45, 2.75) is 38.3 Å². The van der Waals surface area contributed by atoms with Crippen molar-refractivity contribution in [1.82, 2.24) is 5.32 Å². The highest BCUT2D eigenvalue weighted by Gasteiger charge is 2.12. The lowest BCUT2D eigenvalue weighted by molar-refractivity contribution is 0.0115. The van der Waals surface area contributed by atoms with Crippen LogP contribution >= 0.6 is 11.3 Å². The Hall–Kier alpha value is -0.380. The fraction of sp³-hybridized carbons (Fsp3) is 0.667. The molecule has 0 saturated carbocycles. The zero-order valence-electron chi connectivity index (χ0n) is 9.08. The van der Waals surface area contributed by atoms with E-state index >= 15 is 0 Å². The first kappa shape index (κ1) is 11.1. The number of nitrogens with one attached hydrogen (secondary N) is 1. The van der Waals surface area contributed by atoms with Crippen LogP contribution < -0.4 is 5.32 Å². The van der Waals surface area contributed by atoms with Crippen LogP contribution in [0.5, 0.6) is 0 Å². The molecule has 2 heterocycles. The van der Waals surface area contributed by atoms with E-state index in [1.807, 2.05) is 0 Å². The fourth-order valence-electron chi connectivity index (χ4n) is 1.92. The van der Waals surface area contributed by atoms with E-state index in [9.17, 15) is 0 Å². The molecule has 1 saturated heterocycles.